The minimum Gasteiger partial charge on any atom is -0.361 e. The molecule has 1 aliphatic rings. The summed E-state index contributed by atoms with van der Waals surface area (Å²) >= 11 is 7.72. The molecule has 0 spiro atoms. The standard InChI is InChI=1S/C21H16ClN3S/c22-19-8-6-17(7-9-19)20(18(13-23)14-24)12-21-25(10-11-26-21)15-16-4-2-1-3-5-16/h1-9,12H,10-11,15H2/b21-12-. The monoisotopic (exact) mass is 377 g/mol. The Bertz CT molecular complexity index is 902. The summed E-state index contributed by atoms with van der Waals surface area (Å²) in [6, 6.07) is 21.5. The van der Waals surface area contributed by atoms with E-state index in [1.165, 1.54) is 5.56 Å². The summed E-state index contributed by atoms with van der Waals surface area (Å²) in [5, 5.41) is 20.5. The second-order valence-electron chi connectivity index (χ2n) is 5.76. The summed E-state index contributed by atoms with van der Waals surface area (Å²) in [7, 11) is 0. The molecule has 3 rings (SSSR count). The average molecular weight is 378 g/mol. The van der Waals surface area contributed by atoms with Gasteiger partial charge in [-0.15, -0.1) is 11.8 Å². The van der Waals surface area contributed by atoms with Gasteiger partial charge in [0.2, 0.25) is 0 Å². The van der Waals surface area contributed by atoms with E-state index in [1.807, 2.05) is 48.5 Å². The topological polar surface area (TPSA) is 50.8 Å². The first-order valence-electron chi connectivity index (χ1n) is 8.15. The molecule has 0 unspecified atom stereocenters. The number of thioether (sulfide) groups is 1. The third-order valence-electron chi connectivity index (χ3n) is 4.06. The van der Waals surface area contributed by atoms with Crippen LogP contribution in [0.5, 0.6) is 0 Å². The van der Waals surface area contributed by atoms with Gasteiger partial charge in [-0.2, -0.15) is 10.5 Å². The van der Waals surface area contributed by atoms with Gasteiger partial charge in [0, 0.05) is 29.4 Å². The first-order valence-corrected chi connectivity index (χ1v) is 9.51. The van der Waals surface area contributed by atoms with Crippen molar-refractivity contribution in [3.63, 3.8) is 0 Å². The molecule has 0 atom stereocenters. The number of nitriles is 2. The van der Waals surface area contributed by atoms with Crippen LogP contribution < -0.4 is 0 Å². The van der Waals surface area contributed by atoms with Gasteiger partial charge in [0.1, 0.15) is 17.7 Å². The van der Waals surface area contributed by atoms with Crippen molar-refractivity contribution in [3.8, 4) is 12.1 Å². The van der Waals surface area contributed by atoms with Gasteiger partial charge < -0.3 is 4.90 Å². The zero-order chi connectivity index (χ0) is 18.4. The molecular weight excluding hydrogens is 362 g/mol. The van der Waals surface area contributed by atoms with Crippen molar-refractivity contribution in [1.29, 1.82) is 10.5 Å². The van der Waals surface area contributed by atoms with E-state index in [4.69, 9.17) is 11.6 Å². The van der Waals surface area contributed by atoms with Crippen LogP contribution in [0.3, 0.4) is 0 Å². The van der Waals surface area contributed by atoms with Gasteiger partial charge in [-0.3, -0.25) is 0 Å². The van der Waals surface area contributed by atoms with Crippen molar-refractivity contribution in [3.05, 3.63) is 87.4 Å². The van der Waals surface area contributed by atoms with Crippen LogP contribution in [0.4, 0.5) is 0 Å². The van der Waals surface area contributed by atoms with Crippen LogP contribution in [0.2, 0.25) is 5.02 Å². The summed E-state index contributed by atoms with van der Waals surface area (Å²) < 4.78 is 0. The lowest BCUT2D eigenvalue weighted by Gasteiger charge is -2.19. The minimum atomic E-state index is 0.104. The Morgan fingerprint density at radius 2 is 1.77 bits per heavy atom. The number of allylic oxidation sites excluding steroid dienone is 3. The maximum atomic E-state index is 9.38. The van der Waals surface area contributed by atoms with Crippen LogP contribution in [0, 0.1) is 22.7 Å². The molecule has 26 heavy (non-hydrogen) atoms. The molecule has 0 aromatic heterocycles. The SMILES string of the molecule is N#CC(C#N)=C(/C=C1\SCCN1Cc1ccccc1)c1ccc(Cl)cc1. The fraction of sp³-hybridized carbons (Fsp3) is 0.143. The average Bonchev–Trinajstić information content (AvgIpc) is 3.10. The summed E-state index contributed by atoms with van der Waals surface area (Å²) in [5.74, 6) is 0.987. The van der Waals surface area contributed by atoms with Crippen LogP contribution in [0.15, 0.2) is 71.3 Å². The lowest BCUT2D eigenvalue weighted by atomic mass is 10.0. The number of benzene rings is 2. The van der Waals surface area contributed by atoms with Crippen molar-refractivity contribution in [1.82, 2.24) is 4.90 Å². The van der Waals surface area contributed by atoms with Crippen LogP contribution in [0.25, 0.3) is 5.57 Å². The molecule has 3 nitrogen and oxygen atoms in total. The van der Waals surface area contributed by atoms with Gasteiger partial charge in [-0.1, -0.05) is 54.1 Å². The van der Waals surface area contributed by atoms with Gasteiger partial charge in [-0.25, -0.2) is 0 Å². The summed E-state index contributed by atoms with van der Waals surface area (Å²) in [6.07, 6.45) is 1.95. The highest BCUT2D eigenvalue weighted by Crippen LogP contribution is 2.33. The summed E-state index contributed by atoms with van der Waals surface area (Å²) in [6.45, 7) is 1.75. The number of hydrogen-bond acceptors (Lipinski definition) is 4. The van der Waals surface area contributed by atoms with Crippen LogP contribution in [-0.2, 0) is 6.54 Å². The molecule has 2 aromatic rings. The molecule has 1 saturated heterocycles. The molecule has 1 aliphatic heterocycles. The molecule has 1 fully saturated rings. The van der Waals surface area contributed by atoms with E-state index < -0.39 is 0 Å². The van der Waals surface area contributed by atoms with Gasteiger partial charge in [0.25, 0.3) is 0 Å². The molecular formula is C21H16ClN3S. The van der Waals surface area contributed by atoms with Crippen molar-refractivity contribution in [2.24, 2.45) is 0 Å². The predicted octanol–water partition coefficient (Wildman–Crippen LogP) is 5.23. The molecule has 0 saturated carbocycles. The van der Waals surface area contributed by atoms with E-state index in [0.29, 0.717) is 10.6 Å². The third kappa shape index (κ3) is 4.29. The van der Waals surface area contributed by atoms with Gasteiger partial charge in [-0.05, 0) is 29.3 Å². The Morgan fingerprint density at radius 1 is 1.08 bits per heavy atom. The molecule has 128 valence electrons. The first kappa shape index (κ1) is 18.1. The minimum absolute atomic E-state index is 0.104. The highest BCUT2D eigenvalue weighted by atomic mass is 35.5. The van der Waals surface area contributed by atoms with Crippen LogP contribution in [0.1, 0.15) is 11.1 Å². The molecule has 0 amide bonds. The smallest absolute Gasteiger partial charge is 0.137 e. The van der Waals surface area contributed by atoms with Crippen LogP contribution >= 0.6 is 23.4 Å². The van der Waals surface area contributed by atoms with Gasteiger partial charge >= 0.3 is 0 Å². The fourth-order valence-corrected chi connectivity index (χ4v) is 3.94. The zero-order valence-electron chi connectivity index (χ0n) is 14.0. The van der Waals surface area contributed by atoms with E-state index in [0.717, 1.165) is 29.4 Å². The van der Waals surface area contributed by atoms with E-state index in [-0.39, 0.29) is 5.57 Å². The Morgan fingerprint density at radius 3 is 2.42 bits per heavy atom. The fourth-order valence-electron chi connectivity index (χ4n) is 2.75. The Kier molecular flexibility index (Phi) is 6.02. The molecule has 0 aliphatic carbocycles. The number of halogens is 1. The molecule has 1 heterocycles. The highest BCUT2D eigenvalue weighted by Gasteiger charge is 2.19. The number of rotatable bonds is 4. The van der Waals surface area contributed by atoms with Gasteiger partial charge in [0.15, 0.2) is 0 Å². The second-order valence-corrected chi connectivity index (χ2v) is 7.31. The van der Waals surface area contributed by atoms with Gasteiger partial charge in [0.05, 0.1) is 5.03 Å². The predicted molar refractivity (Wildman–Crippen MR) is 107 cm³/mol. The Balaban J connectivity index is 1.97. The number of hydrogen-bond donors (Lipinski definition) is 0. The molecule has 0 N–H and O–H groups in total. The Labute approximate surface area is 162 Å². The van der Waals surface area contributed by atoms with E-state index in [1.54, 1.807) is 23.9 Å². The molecule has 5 heteroatoms. The number of nitrogens with zero attached hydrogens (tertiary/aromatic N) is 3. The summed E-state index contributed by atoms with van der Waals surface area (Å²) in [5.41, 5.74) is 2.78. The van der Waals surface area contributed by atoms with E-state index in [2.05, 4.69) is 17.0 Å². The van der Waals surface area contributed by atoms with E-state index >= 15 is 0 Å². The second kappa shape index (κ2) is 8.63. The van der Waals surface area contributed by atoms with E-state index in [9.17, 15) is 10.5 Å². The van der Waals surface area contributed by atoms with Crippen molar-refractivity contribution in [2.75, 3.05) is 12.3 Å². The lowest BCUT2D eigenvalue weighted by molar-refractivity contribution is 0.396. The maximum Gasteiger partial charge on any atom is 0.137 e. The molecule has 0 radical (unpaired) electrons. The quantitative estimate of drug-likeness (QED) is 0.684. The molecule has 2 aromatic carbocycles. The normalized spacial score (nSPS) is 14.7. The zero-order valence-corrected chi connectivity index (χ0v) is 15.6. The molecule has 0 bridgehead atoms. The highest BCUT2D eigenvalue weighted by molar-refractivity contribution is 8.03. The third-order valence-corrected chi connectivity index (χ3v) is 5.37. The lowest BCUT2D eigenvalue weighted by Crippen LogP contribution is -2.17. The first-order chi connectivity index (χ1) is 12.7. The van der Waals surface area contributed by atoms with Crippen molar-refractivity contribution in [2.45, 2.75) is 6.54 Å². The Hall–Kier alpha value is -2.66. The maximum absolute atomic E-state index is 9.38. The summed E-state index contributed by atoms with van der Waals surface area (Å²) in [4.78, 5) is 2.28. The van der Waals surface area contributed by atoms with Crippen molar-refractivity contribution >= 4 is 28.9 Å². The van der Waals surface area contributed by atoms with Crippen molar-refractivity contribution < 1.29 is 0 Å². The largest absolute Gasteiger partial charge is 0.361 e. The van der Waals surface area contributed by atoms with Crippen LogP contribution in [-0.4, -0.2) is 17.2 Å².